The van der Waals surface area contributed by atoms with Gasteiger partial charge in [0.05, 0.1) is 36.1 Å². The van der Waals surface area contributed by atoms with Crippen molar-refractivity contribution in [3.63, 3.8) is 0 Å². The maximum atomic E-state index is 9.28. The van der Waals surface area contributed by atoms with Crippen LogP contribution in [-0.4, -0.2) is 24.6 Å². The van der Waals surface area contributed by atoms with Gasteiger partial charge in [-0.3, -0.25) is 0 Å². The van der Waals surface area contributed by atoms with E-state index in [1.54, 1.807) is 18.2 Å². The van der Waals surface area contributed by atoms with Crippen molar-refractivity contribution < 1.29 is 0 Å². The first-order valence-electron chi connectivity index (χ1n) is 8.81. The van der Waals surface area contributed by atoms with E-state index in [2.05, 4.69) is 36.3 Å². The lowest BCUT2D eigenvalue weighted by molar-refractivity contribution is 0.842. The largest absolute Gasteiger partial charge is 0.392 e. The Kier molecular flexibility index (Phi) is 4.88. The molecule has 4 rings (SSSR count). The van der Waals surface area contributed by atoms with Gasteiger partial charge >= 0.3 is 0 Å². The molecule has 0 aliphatic rings. The lowest BCUT2D eigenvalue weighted by atomic mass is 10.00. The number of hydrogen-bond acceptors (Lipinski definition) is 7. The van der Waals surface area contributed by atoms with Crippen molar-refractivity contribution in [1.82, 2.24) is 24.6 Å². The molecule has 0 saturated heterocycles. The Morgan fingerprint density at radius 1 is 1.30 bits per heavy atom. The van der Waals surface area contributed by atoms with Crippen molar-refractivity contribution >= 4 is 34.6 Å². The molecule has 0 fully saturated rings. The summed E-state index contributed by atoms with van der Waals surface area (Å²) in [5.74, 6) is 0.424. The van der Waals surface area contributed by atoms with E-state index in [-0.39, 0.29) is 17.5 Å². The average molecular weight is 416 g/mol. The van der Waals surface area contributed by atoms with E-state index in [4.69, 9.17) is 23.9 Å². The molecule has 30 heavy (non-hydrogen) atoms. The van der Waals surface area contributed by atoms with Crippen LogP contribution in [0.5, 0.6) is 0 Å². The van der Waals surface area contributed by atoms with Crippen molar-refractivity contribution in [2.24, 2.45) is 0 Å². The lowest BCUT2D eigenvalue weighted by Gasteiger charge is -2.19. The summed E-state index contributed by atoms with van der Waals surface area (Å²) in [6, 6.07) is 10.8. The van der Waals surface area contributed by atoms with Crippen molar-refractivity contribution in [2.45, 2.75) is 13.0 Å². The number of halogens is 1. The molecule has 0 saturated carbocycles. The Hall–Kier alpha value is -4.21. The van der Waals surface area contributed by atoms with Gasteiger partial charge < -0.3 is 11.1 Å². The summed E-state index contributed by atoms with van der Waals surface area (Å²) < 4.78 is 1.53. The highest BCUT2D eigenvalue weighted by Crippen LogP contribution is 2.34. The molecule has 10 heteroatoms. The topological polar surface area (TPSA) is 122 Å². The van der Waals surface area contributed by atoms with Gasteiger partial charge in [0.2, 0.25) is 0 Å². The molecule has 0 spiro atoms. The summed E-state index contributed by atoms with van der Waals surface area (Å²) in [5.41, 5.74) is 9.17. The van der Waals surface area contributed by atoms with Crippen LogP contribution in [0.3, 0.4) is 0 Å². The van der Waals surface area contributed by atoms with Gasteiger partial charge in [0, 0.05) is 11.1 Å². The van der Waals surface area contributed by atoms with Gasteiger partial charge in [0.15, 0.2) is 10.8 Å². The molecule has 0 bridgehead atoms. The zero-order chi connectivity index (χ0) is 21.3. The number of nitrogens with zero attached hydrogens (tertiary/aromatic N) is 7. The monoisotopic (exact) mass is 415 g/mol. The van der Waals surface area contributed by atoms with E-state index in [1.807, 2.05) is 19.1 Å². The molecule has 3 aromatic heterocycles. The quantitative estimate of drug-likeness (QED) is 0.482. The minimum absolute atomic E-state index is 0.102. The predicted octanol–water partition coefficient (Wildman–Crippen LogP) is 4.02. The standard InChI is InChI=1S/C20H14ClN9/c1-11(28-20-18(24-2)19(23)26-10-27-20)14-7-16-25-9-15(21)30(16)29-17(14)13-5-3-4-12(6-13)8-22/h3-7,9-11H,1H3,(H3,23,26,27,28)/t11-/m0/s1. The van der Waals surface area contributed by atoms with Gasteiger partial charge in [-0.1, -0.05) is 23.7 Å². The lowest BCUT2D eigenvalue weighted by Crippen LogP contribution is -2.12. The number of nitrogens with one attached hydrogen (secondary N) is 1. The second kappa shape index (κ2) is 7.66. The van der Waals surface area contributed by atoms with Crippen molar-refractivity contribution in [1.29, 1.82) is 5.26 Å². The minimum Gasteiger partial charge on any atom is -0.392 e. The van der Waals surface area contributed by atoms with Crippen LogP contribution in [-0.2, 0) is 0 Å². The number of aromatic nitrogens is 5. The Morgan fingerprint density at radius 2 is 2.13 bits per heavy atom. The molecular weight excluding hydrogens is 402 g/mol. The summed E-state index contributed by atoms with van der Waals surface area (Å²) in [4.78, 5) is 15.7. The van der Waals surface area contributed by atoms with Crippen LogP contribution in [0.25, 0.3) is 21.7 Å². The molecule has 0 amide bonds. The molecule has 0 radical (unpaired) electrons. The van der Waals surface area contributed by atoms with E-state index < -0.39 is 0 Å². The summed E-state index contributed by atoms with van der Waals surface area (Å²) in [7, 11) is 0. The Morgan fingerprint density at radius 3 is 2.90 bits per heavy atom. The third-order valence-corrected chi connectivity index (χ3v) is 4.79. The second-order valence-electron chi connectivity index (χ2n) is 6.43. The maximum Gasteiger partial charge on any atom is 0.268 e. The van der Waals surface area contributed by atoms with E-state index in [1.165, 1.54) is 17.0 Å². The Labute approximate surface area is 176 Å². The van der Waals surface area contributed by atoms with E-state index >= 15 is 0 Å². The number of hydrogen-bond donors (Lipinski definition) is 2. The van der Waals surface area contributed by atoms with Gasteiger partial charge in [0.1, 0.15) is 18.0 Å². The van der Waals surface area contributed by atoms with E-state index in [9.17, 15) is 5.26 Å². The predicted molar refractivity (Wildman–Crippen MR) is 113 cm³/mol. The fourth-order valence-corrected chi connectivity index (χ4v) is 3.26. The van der Waals surface area contributed by atoms with E-state index in [0.717, 1.165) is 11.1 Å². The Balaban J connectivity index is 1.86. The zero-order valence-electron chi connectivity index (χ0n) is 15.7. The molecule has 9 nitrogen and oxygen atoms in total. The first-order valence-corrected chi connectivity index (χ1v) is 9.18. The molecule has 3 N–H and O–H groups in total. The number of fused-ring (bicyclic) bond motifs is 1. The summed E-state index contributed by atoms with van der Waals surface area (Å²) in [6.45, 7) is 9.27. The highest BCUT2D eigenvalue weighted by Gasteiger charge is 2.20. The first-order chi connectivity index (χ1) is 14.5. The van der Waals surface area contributed by atoms with Gasteiger partial charge in [-0.15, -0.1) is 0 Å². The van der Waals surface area contributed by atoms with Crippen molar-refractivity contribution in [3.8, 4) is 17.3 Å². The SMILES string of the molecule is [C-]#[N+]c1c(N)ncnc1N[C@@H](C)c1cc2ncc(Cl)n2nc1-c1cccc(C#N)c1. The highest BCUT2D eigenvalue weighted by atomic mass is 35.5. The summed E-state index contributed by atoms with van der Waals surface area (Å²) in [5, 5.41) is 17.5. The first kappa shape index (κ1) is 19.1. The second-order valence-corrected chi connectivity index (χ2v) is 6.81. The molecule has 0 unspecified atom stereocenters. The van der Waals surface area contributed by atoms with Gasteiger partial charge in [0.25, 0.3) is 5.69 Å². The number of nitrogen functional groups attached to an aromatic ring is 1. The molecule has 3 heterocycles. The zero-order valence-corrected chi connectivity index (χ0v) is 16.5. The number of anilines is 2. The molecule has 1 atom stereocenters. The van der Waals surface area contributed by atoms with Crippen LogP contribution in [0.15, 0.2) is 42.9 Å². The number of imidazole rings is 1. The normalized spacial score (nSPS) is 11.6. The van der Waals surface area contributed by atoms with Gasteiger partial charge in [-0.2, -0.15) is 10.4 Å². The molecule has 146 valence electrons. The van der Waals surface area contributed by atoms with Gasteiger partial charge in [-0.05, 0) is 25.1 Å². The Bertz CT molecular complexity index is 1350. The van der Waals surface area contributed by atoms with Crippen LogP contribution >= 0.6 is 11.6 Å². The van der Waals surface area contributed by atoms with Crippen molar-refractivity contribution in [2.75, 3.05) is 11.1 Å². The van der Waals surface area contributed by atoms with Crippen LogP contribution in [0.2, 0.25) is 5.15 Å². The summed E-state index contributed by atoms with van der Waals surface area (Å²) >= 11 is 6.22. The molecule has 0 aliphatic heterocycles. The number of nitriles is 1. The van der Waals surface area contributed by atoms with Crippen LogP contribution in [0.1, 0.15) is 24.1 Å². The third-order valence-electron chi connectivity index (χ3n) is 4.53. The molecule has 0 aliphatic carbocycles. The van der Waals surface area contributed by atoms with Gasteiger partial charge in [-0.25, -0.2) is 24.3 Å². The fourth-order valence-electron chi connectivity index (χ4n) is 3.08. The smallest absolute Gasteiger partial charge is 0.268 e. The fraction of sp³-hybridized carbons (Fsp3) is 0.100. The molecular formula is C20H14ClN9. The molecule has 4 aromatic rings. The average Bonchev–Trinajstić information content (AvgIpc) is 3.13. The number of nitrogens with two attached hydrogens (primary N) is 1. The maximum absolute atomic E-state index is 9.28. The minimum atomic E-state index is -0.325. The van der Waals surface area contributed by atoms with Crippen LogP contribution in [0.4, 0.5) is 17.3 Å². The van der Waals surface area contributed by atoms with Crippen LogP contribution < -0.4 is 11.1 Å². The number of benzene rings is 1. The highest BCUT2D eigenvalue weighted by molar-refractivity contribution is 6.29. The molecule has 1 aromatic carbocycles. The number of rotatable bonds is 4. The third kappa shape index (κ3) is 3.34. The van der Waals surface area contributed by atoms with E-state index in [0.29, 0.717) is 27.9 Å². The summed E-state index contributed by atoms with van der Waals surface area (Å²) in [6.07, 6.45) is 2.82. The van der Waals surface area contributed by atoms with Crippen LogP contribution in [0, 0.1) is 17.9 Å². The van der Waals surface area contributed by atoms with Crippen molar-refractivity contribution in [3.05, 3.63) is 70.6 Å².